The third-order valence-corrected chi connectivity index (χ3v) is 10.8. The molecular weight excluding hydrogens is 549 g/mol. The van der Waals surface area contributed by atoms with E-state index in [-0.39, 0.29) is 6.10 Å². The highest BCUT2D eigenvalue weighted by molar-refractivity contribution is 7.22. The molecule has 0 saturated carbocycles. The lowest BCUT2D eigenvalue weighted by Gasteiger charge is -2.11. The minimum atomic E-state index is -0.299. The predicted octanol–water partition coefficient (Wildman–Crippen LogP) is 11.1. The Labute approximate surface area is 258 Å². The maximum absolute atomic E-state index is 10.9. The first-order valence-electron chi connectivity index (χ1n) is 15.3. The van der Waals surface area contributed by atoms with Crippen molar-refractivity contribution >= 4 is 42.8 Å². The minimum absolute atomic E-state index is 0.299. The van der Waals surface area contributed by atoms with Crippen LogP contribution in [0.4, 0.5) is 0 Å². The summed E-state index contributed by atoms with van der Waals surface area (Å²) in [6, 6.07) is 31.9. The van der Waals surface area contributed by atoms with Gasteiger partial charge in [0.2, 0.25) is 0 Å². The van der Waals surface area contributed by atoms with E-state index in [4.69, 9.17) is 0 Å². The van der Waals surface area contributed by atoms with E-state index in [1.807, 2.05) is 22.7 Å². The number of aliphatic hydroxyl groups is 1. The summed E-state index contributed by atoms with van der Waals surface area (Å²) in [4.78, 5) is 2.69. The number of benzene rings is 4. The zero-order chi connectivity index (χ0) is 29.2. The average Bonchev–Trinajstić information content (AvgIpc) is 3.62. The Kier molecular flexibility index (Phi) is 8.62. The molecule has 1 N–H and O–H groups in total. The Bertz CT molecular complexity index is 1720. The van der Waals surface area contributed by atoms with E-state index in [0.717, 1.165) is 38.5 Å². The van der Waals surface area contributed by atoms with Gasteiger partial charge in [0.25, 0.3) is 0 Å². The summed E-state index contributed by atoms with van der Waals surface area (Å²) in [5, 5.41) is 13.5. The molecule has 0 amide bonds. The molecule has 214 valence electrons. The van der Waals surface area contributed by atoms with Crippen LogP contribution in [0.25, 0.3) is 41.1 Å². The van der Waals surface area contributed by atoms with E-state index in [1.54, 1.807) is 0 Å². The molecule has 1 nitrogen and oxygen atoms in total. The number of aliphatic hydroxyl groups excluding tert-OH is 1. The Morgan fingerprint density at radius 2 is 1.02 bits per heavy atom. The number of hydrogen-bond donors (Lipinski definition) is 1. The van der Waals surface area contributed by atoms with E-state index in [2.05, 4.69) is 113 Å². The summed E-state index contributed by atoms with van der Waals surface area (Å²) in [6.45, 7) is 8.81. The van der Waals surface area contributed by atoms with Gasteiger partial charge in [0.1, 0.15) is 0 Å². The second kappa shape index (κ2) is 12.6. The molecule has 0 saturated heterocycles. The summed E-state index contributed by atoms with van der Waals surface area (Å²) >= 11 is 3.76. The Morgan fingerprint density at radius 1 is 0.571 bits per heavy atom. The fraction of sp³-hybridized carbons (Fsp3) is 0.282. The van der Waals surface area contributed by atoms with Gasteiger partial charge in [-0.3, -0.25) is 0 Å². The lowest BCUT2D eigenvalue weighted by atomic mass is 9.99. The van der Waals surface area contributed by atoms with Gasteiger partial charge in [-0.1, -0.05) is 85.6 Å². The van der Waals surface area contributed by atoms with Crippen molar-refractivity contribution in [1.29, 1.82) is 0 Å². The summed E-state index contributed by atoms with van der Waals surface area (Å²) < 4.78 is 2.66. The van der Waals surface area contributed by atoms with Crippen molar-refractivity contribution < 1.29 is 5.11 Å². The topological polar surface area (TPSA) is 20.2 Å². The van der Waals surface area contributed by atoms with Crippen LogP contribution in [0.15, 0.2) is 84.9 Å². The van der Waals surface area contributed by atoms with Crippen molar-refractivity contribution in [2.45, 2.75) is 72.3 Å². The van der Waals surface area contributed by atoms with Crippen LogP contribution >= 0.6 is 22.7 Å². The average molecular weight is 589 g/mol. The van der Waals surface area contributed by atoms with Gasteiger partial charge in [0.15, 0.2) is 0 Å². The lowest BCUT2D eigenvalue weighted by Crippen LogP contribution is -2.09. The molecule has 3 heteroatoms. The first kappa shape index (κ1) is 28.9. The molecule has 0 aliphatic heterocycles. The van der Waals surface area contributed by atoms with Crippen molar-refractivity contribution in [1.82, 2.24) is 0 Å². The lowest BCUT2D eigenvalue weighted by molar-refractivity contribution is 0.155. The summed E-state index contributed by atoms with van der Waals surface area (Å²) in [6.07, 6.45) is 5.17. The molecule has 0 radical (unpaired) electrons. The fourth-order valence-corrected chi connectivity index (χ4v) is 8.29. The fourth-order valence-electron chi connectivity index (χ4n) is 6.08. The smallest absolute Gasteiger partial charge is 0.0546 e. The maximum Gasteiger partial charge on any atom is 0.0546 e. The number of thiophene rings is 2. The Balaban J connectivity index is 1.08. The van der Waals surface area contributed by atoms with E-state index < -0.39 is 0 Å². The van der Waals surface area contributed by atoms with Crippen LogP contribution in [0.1, 0.15) is 60.1 Å². The highest BCUT2D eigenvalue weighted by atomic mass is 32.1. The van der Waals surface area contributed by atoms with E-state index in [9.17, 15) is 5.11 Å². The highest BCUT2D eigenvalue weighted by Crippen LogP contribution is 2.38. The molecule has 0 unspecified atom stereocenters. The number of rotatable bonds is 10. The summed E-state index contributed by atoms with van der Waals surface area (Å²) in [5.74, 6) is 0. The Morgan fingerprint density at radius 3 is 1.45 bits per heavy atom. The molecule has 6 rings (SSSR count). The van der Waals surface area contributed by atoms with Gasteiger partial charge in [-0.05, 0) is 121 Å². The third kappa shape index (κ3) is 6.24. The molecule has 6 aromatic rings. The molecule has 0 aliphatic carbocycles. The molecular formula is C39H40OS2. The number of fused-ring (bicyclic) bond motifs is 2. The van der Waals surface area contributed by atoms with Crippen LogP contribution in [0.2, 0.25) is 0 Å². The van der Waals surface area contributed by atoms with Crippen LogP contribution in [0.3, 0.4) is 0 Å². The molecule has 0 fully saturated rings. The van der Waals surface area contributed by atoms with Crippen LogP contribution in [0, 0.1) is 13.8 Å². The summed E-state index contributed by atoms with van der Waals surface area (Å²) in [7, 11) is 0. The minimum Gasteiger partial charge on any atom is -0.393 e. The van der Waals surface area contributed by atoms with Crippen LogP contribution in [-0.2, 0) is 25.7 Å². The quantitative estimate of drug-likeness (QED) is 0.169. The Hall–Kier alpha value is -3.24. The standard InChI is InChI=1S/C39H40OS2/c1-5-29-19-25(3)7-15-34(29)38-23-31-21-27(11-17-36(31)41-38)9-13-33(40)14-10-28-12-18-37-32(22-28)24-39(42-37)35-16-8-26(4)20-30(35)6-2/h7-8,11-12,15-24,33,40H,5-6,9-10,13-14H2,1-4H3. The van der Waals surface area contributed by atoms with Gasteiger partial charge in [0.05, 0.1) is 6.10 Å². The van der Waals surface area contributed by atoms with Crippen molar-refractivity contribution in [3.8, 4) is 20.9 Å². The van der Waals surface area contributed by atoms with Crippen molar-refractivity contribution in [2.75, 3.05) is 0 Å². The van der Waals surface area contributed by atoms with E-state index in [0.29, 0.717) is 0 Å². The molecule has 2 heterocycles. The van der Waals surface area contributed by atoms with Crippen LogP contribution in [-0.4, -0.2) is 11.2 Å². The van der Waals surface area contributed by atoms with E-state index >= 15 is 0 Å². The van der Waals surface area contributed by atoms with Crippen LogP contribution in [0.5, 0.6) is 0 Å². The first-order valence-corrected chi connectivity index (χ1v) is 17.0. The zero-order valence-electron chi connectivity index (χ0n) is 25.2. The molecule has 0 atom stereocenters. The number of aryl methyl sites for hydroxylation is 6. The summed E-state index contributed by atoms with van der Waals surface area (Å²) in [5.41, 5.74) is 10.8. The number of hydrogen-bond acceptors (Lipinski definition) is 3. The van der Waals surface area contributed by atoms with Gasteiger partial charge in [-0.15, -0.1) is 22.7 Å². The van der Waals surface area contributed by atoms with Gasteiger partial charge in [-0.2, -0.15) is 0 Å². The van der Waals surface area contributed by atoms with Crippen LogP contribution < -0.4 is 0 Å². The van der Waals surface area contributed by atoms with E-state index in [1.165, 1.54) is 74.4 Å². The SMILES string of the molecule is CCc1cc(C)ccc1-c1cc2cc(CCC(O)CCc3ccc4sc(-c5ccc(C)cc5CC)cc4c3)ccc2s1. The molecule has 2 aromatic heterocycles. The molecule has 0 bridgehead atoms. The zero-order valence-corrected chi connectivity index (χ0v) is 26.8. The third-order valence-electron chi connectivity index (χ3n) is 8.51. The second-order valence-electron chi connectivity index (χ2n) is 11.7. The first-order chi connectivity index (χ1) is 20.4. The maximum atomic E-state index is 10.9. The van der Waals surface area contributed by atoms with Gasteiger partial charge >= 0.3 is 0 Å². The normalized spacial score (nSPS) is 11.8. The largest absolute Gasteiger partial charge is 0.393 e. The molecule has 4 aromatic carbocycles. The van der Waals surface area contributed by atoms with Gasteiger partial charge in [-0.25, -0.2) is 0 Å². The monoisotopic (exact) mass is 588 g/mol. The predicted molar refractivity (Wildman–Crippen MR) is 185 cm³/mol. The van der Waals surface area contributed by atoms with Crippen molar-refractivity contribution in [2.24, 2.45) is 0 Å². The molecule has 42 heavy (non-hydrogen) atoms. The van der Waals surface area contributed by atoms with Crippen molar-refractivity contribution in [3.05, 3.63) is 118 Å². The van der Waals surface area contributed by atoms with Gasteiger partial charge < -0.3 is 5.11 Å². The molecule has 0 spiro atoms. The van der Waals surface area contributed by atoms with Crippen molar-refractivity contribution in [3.63, 3.8) is 0 Å². The second-order valence-corrected chi connectivity index (χ2v) is 13.9. The highest BCUT2D eigenvalue weighted by Gasteiger charge is 2.12. The van der Waals surface area contributed by atoms with Gasteiger partial charge in [0, 0.05) is 19.2 Å². The molecule has 0 aliphatic rings.